The van der Waals surface area contributed by atoms with Gasteiger partial charge in [-0.25, -0.2) is 9.78 Å². The van der Waals surface area contributed by atoms with Crippen LogP contribution >= 0.6 is 0 Å². The second kappa shape index (κ2) is 5.63. The molecule has 1 rings (SSSR count). The number of aromatic carboxylic acids is 1. The SMILES string of the molecule is COCCN(C)c1nc(C)cc(C)c1C(=O)O. The van der Waals surface area contributed by atoms with E-state index in [1.165, 1.54) is 0 Å². The summed E-state index contributed by atoms with van der Waals surface area (Å²) in [5, 5.41) is 9.21. The van der Waals surface area contributed by atoms with Crippen molar-refractivity contribution in [2.45, 2.75) is 13.8 Å². The average Bonchev–Trinajstić information content (AvgIpc) is 2.23. The Labute approximate surface area is 101 Å². The minimum absolute atomic E-state index is 0.259. The molecule has 5 nitrogen and oxygen atoms in total. The zero-order chi connectivity index (χ0) is 13.0. The van der Waals surface area contributed by atoms with E-state index in [0.717, 1.165) is 11.3 Å². The molecule has 0 saturated carbocycles. The fourth-order valence-electron chi connectivity index (χ4n) is 1.69. The van der Waals surface area contributed by atoms with Crippen molar-refractivity contribution in [2.75, 3.05) is 32.2 Å². The van der Waals surface area contributed by atoms with Crippen molar-refractivity contribution in [3.05, 3.63) is 22.9 Å². The highest BCUT2D eigenvalue weighted by Gasteiger charge is 2.18. The summed E-state index contributed by atoms with van der Waals surface area (Å²) in [6, 6.07) is 1.77. The quantitative estimate of drug-likeness (QED) is 0.841. The van der Waals surface area contributed by atoms with E-state index in [0.29, 0.717) is 19.0 Å². The second-order valence-electron chi connectivity index (χ2n) is 4.00. The molecule has 0 aliphatic carbocycles. The van der Waals surface area contributed by atoms with E-state index >= 15 is 0 Å². The number of ether oxygens (including phenoxy) is 1. The monoisotopic (exact) mass is 238 g/mol. The number of carboxylic acids is 1. The summed E-state index contributed by atoms with van der Waals surface area (Å²) in [6.07, 6.45) is 0. The van der Waals surface area contributed by atoms with Crippen molar-refractivity contribution in [1.82, 2.24) is 4.98 Å². The molecule has 0 saturated heterocycles. The lowest BCUT2D eigenvalue weighted by Crippen LogP contribution is -2.26. The fourth-order valence-corrected chi connectivity index (χ4v) is 1.69. The fraction of sp³-hybridized carbons (Fsp3) is 0.500. The Balaban J connectivity index is 3.15. The topological polar surface area (TPSA) is 62.7 Å². The highest BCUT2D eigenvalue weighted by Crippen LogP contribution is 2.21. The molecule has 5 heteroatoms. The van der Waals surface area contributed by atoms with Gasteiger partial charge in [0.05, 0.1) is 6.61 Å². The Morgan fingerprint density at radius 3 is 2.71 bits per heavy atom. The maximum Gasteiger partial charge on any atom is 0.339 e. The van der Waals surface area contributed by atoms with Crippen molar-refractivity contribution in [2.24, 2.45) is 0 Å². The smallest absolute Gasteiger partial charge is 0.339 e. The Bertz CT molecular complexity index is 418. The maximum absolute atomic E-state index is 11.2. The third-order valence-electron chi connectivity index (χ3n) is 2.53. The Kier molecular flexibility index (Phi) is 4.45. The van der Waals surface area contributed by atoms with Gasteiger partial charge in [0.25, 0.3) is 0 Å². The lowest BCUT2D eigenvalue weighted by Gasteiger charge is -2.21. The number of pyridine rings is 1. The first-order valence-corrected chi connectivity index (χ1v) is 5.39. The minimum atomic E-state index is -0.950. The van der Waals surface area contributed by atoms with E-state index in [9.17, 15) is 9.90 Å². The Hall–Kier alpha value is -1.62. The predicted octanol–water partition coefficient (Wildman–Crippen LogP) is 1.48. The van der Waals surface area contributed by atoms with E-state index in [1.54, 1.807) is 25.0 Å². The molecule has 0 bridgehead atoms. The van der Waals surface area contributed by atoms with Crippen LogP contribution in [0.5, 0.6) is 0 Å². The summed E-state index contributed by atoms with van der Waals surface area (Å²) in [7, 11) is 3.42. The molecule has 1 aromatic heterocycles. The van der Waals surface area contributed by atoms with Gasteiger partial charge in [0.15, 0.2) is 0 Å². The third-order valence-corrected chi connectivity index (χ3v) is 2.53. The summed E-state index contributed by atoms with van der Waals surface area (Å²) in [6.45, 7) is 4.77. The average molecular weight is 238 g/mol. The number of carbonyl (C=O) groups is 1. The third kappa shape index (κ3) is 3.17. The molecule has 94 valence electrons. The number of aryl methyl sites for hydroxylation is 2. The molecule has 17 heavy (non-hydrogen) atoms. The first kappa shape index (κ1) is 13.4. The predicted molar refractivity (Wildman–Crippen MR) is 65.8 cm³/mol. The van der Waals surface area contributed by atoms with Crippen LogP contribution in [-0.2, 0) is 4.74 Å². The lowest BCUT2D eigenvalue weighted by atomic mass is 10.1. The maximum atomic E-state index is 11.2. The molecule has 1 aromatic rings. The van der Waals surface area contributed by atoms with Gasteiger partial charge in [-0.1, -0.05) is 0 Å². The molecule has 1 heterocycles. The second-order valence-corrected chi connectivity index (χ2v) is 4.00. The molecule has 0 aliphatic rings. The van der Waals surface area contributed by atoms with Crippen LogP contribution in [0.15, 0.2) is 6.07 Å². The number of rotatable bonds is 5. The largest absolute Gasteiger partial charge is 0.478 e. The minimum Gasteiger partial charge on any atom is -0.478 e. The van der Waals surface area contributed by atoms with Crippen LogP contribution < -0.4 is 4.90 Å². The standard InChI is InChI=1S/C12H18N2O3/c1-8-7-9(2)13-11(10(8)12(15)16)14(3)5-6-17-4/h7H,5-6H2,1-4H3,(H,15,16). The number of anilines is 1. The van der Waals surface area contributed by atoms with Crippen molar-refractivity contribution in [3.63, 3.8) is 0 Å². The highest BCUT2D eigenvalue weighted by molar-refractivity contribution is 5.95. The Morgan fingerprint density at radius 2 is 2.18 bits per heavy atom. The molecule has 0 aliphatic heterocycles. The van der Waals surface area contributed by atoms with Crippen LogP contribution in [0, 0.1) is 13.8 Å². The number of methoxy groups -OCH3 is 1. The van der Waals surface area contributed by atoms with Crippen molar-refractivity contribution < 1.29 is 14.6 Å². The van der Waals surface area contributed by atoms with Gasteiger partial charge in [-0.2, -0.15) is 0 Å². The van der Waals surface area contributed by atoms with Crippen molar-refractivity contribution in [3.8, 4) is 0 Å². The normalized spacial score (nSPS) is 10.4. The van der Waals surface area contributed by atoms with Gasteiger partial charge in [-0.3, -0.25) is 0 Å². The molecule has 0 radical (unpaired) electrons. The summed E-state index contributed by atoms with van der Waals surface area (Å²) in [5.74, 6) is -0.457. The van der Waals surface area contributed by atoms with E-state index in [4.69, 9.17) is 4.74 Å². The number of hydrogen-bond donors (Lipinski definition) is 1. The van der Waals surface area contributed by atoms with E-state index < -0.39 is 5.97 Å². The molecule has 0 amide bonds. The Morgan fingerprint density at radius 1 is 1.53 bits per heavy atom. The van der Waals surface area contributed by atoms with Crippen LogP contribution in [0.25, 0.3) is 0 Å². The van der Waals surface area contributed by atoms with Gasteiger partial charge in [-0.05, 0) is 25.5 Å². The van der Waals surface area contributed by atoms with Gasteiger partial charge in [0, 0.05) is 26.4 Å². The summed E-state index contributed by atoms with van der Waals surface area (Å²) in [4.78, 5) is 17.3. The first-order valence-electron chi connectivity index (χ1n) is 5.39. The van der Waals surface area contributed by atoms with Gasteiger partial charge >= 0.3 is 5.97 Å². The molecule has 0 spiro atoms. The number of likely N-dealkylation sites (N-methyl/N-ethyl adjacent to an activating group) is 1. The number of carboxylic acid groups (broad SMARTS) is 1. The summed E-state index contributed by atoms with van der Waals surface area (Å²) < 4.78 is 4.98. The molecular weight excluding hydrogens is 220 g/mol. The van der Waals surface area contributed by atoms with E-state index in [2.05, 4.69) is 4.98 Å². The summed E-state index contributed by atoms with van der Waals surface area (Å²) in [5.41, 5.74) is 1.80. The van der Waals surface area contributed by atoms with Crippen LogP contribution in [0.2, 0.25) is 0 Å². The van der Waals surface area contributed by atoms with Crippen LogP contribution in [0.3, 0.4) is 0 Å². The van der Waals surface area contributed by atoms with Crippen LogP contribution in [0.1, 0.15) is 21.6 Å². The molecular formula is C12H18N2O3. The van der Waals surface area contributed by atoms with Crippen molar-refractivity contribution >= 4 is 11.8 Å². The molecule has 0 fully saturated rings. The van der Waals surface area contributed by atoms with Crippen LogP contribution in [0.4, 0.5) is 5.82 Å². The molecule has 0 unspecified atom stereocenters. The van der Waals surface area contributed by atoms with Gasteiger partial charge in [0.1, 0.15) is 11.4 Å². The van der Waals surface area contributed by atoms with E-state index in [-0.39, 0.29) is 5.56 Å². The highest BCUT2D eigenvalue weighted by atomic mass is 16.5. The zero-order valence-corrected chi connectivity index (χ0v) is 10.6. The number of aromatic nitrogens is 1. The number of nitrogens with zero attached hydrogens (tertiary/aromatic N) is 2. The lowest BCUT2D eigenvalue weighted by molar-refractivity contribution is 0.0696. The first-order chi connectivity index (χ1) is 7.97. The van der Waals surface area contributed by atoms with Crippen molar-refractivity contribution in [1.29, 1.82) is 0 Å². The van der Waals surface area contributed by atoms with Gasteiger partial charge < -0.3 is 14.7 Å². The summed E-state index contributed by atoms with van der Waals surface area (Å²) >= 11 is 0. The molecule has 1 N–H and O–H groups in total. The molecule has 0 aromatic carbocycles. The zero-order valence-electron chi connectivity index (χ0n) is 10.6. The van der Waals surface area contributed by atoms with E-state index in [1.807, 2.05) is 14.0 Å². The van der Waals surface area contributed by atoms with Crippen LogP contribution in [-0.4, -0.2) is 43.4 Å². The van der Waals surface area contributed by atoms with Gasteiger partial charge in [-0.15, -0.1) is 0 Å². The van der Waals surface area contributed by atoms with Gasteiger partial charge in [0.2, 0.25) is 0 Å². The number of hydrogen-bond acceptors (Lipinski definition) is 4. The molecule has 0 atom stereocenters.